The molecule has 88 valence electrons. The number of aromatic nitrogens is 2. The van der Waals surface area contributed by atoms with E-state index < -0.39 is 0 Å². The fraction of sp³-hybridized carbons (Fsp3) is 0.167. The van der Waals surface area contributed by atoms with Crippen molar-refractivity contribution in [2.45, 2.75) is 13.3 Å². The smallest absolute Gasteiger partial charge is 0.239 e. The Hall–Kier alpha value is -2.14. The average Bonchev–Trinajstić information content (AvgIpc) is 2.40. The molecule has 2 aromatic rings. The minimum atomic E-state index is 0.389. The van der Waals surface area contributed by atoms with Crippen LogP contribution in [0.25, 0.3) is 0 Å². The molecule has 1 aromatic carbocycles. The fourth-order valence-corrected chi connectivity index (χ4v) is 1.47. The number of aryl methyl sites for hydroxylation is 1. The first-order valence-electron chi connectivity index (χ1n) is 5.47. The van der Waals surface area contributed by atoms with Gasteiger partial charge in [-0.3, -0.25) is 5.43 Å². The number of anilines is 3. The van der Waals surface area contributed by atoms with Gasteiger partial charge in [-0.1, -0.05) is 19.1 Å². The Morgan fingerprint density at radius 3 is 2.59 bits per heavy atom. The largest absolute Gasteiger partial charge is 0.340 e. The summed E-state index contributed by atoms with van der Waals surface area (Å²) in [7, 11) is 0. The molecule has 17 heavy (non-hydrogen) atoms. The quantitative estimate of drug-likeness (QED) is 0.552. The normalized spacial score (nSPS) is 10.0. The first-order valence-corrected chi connectivity index (χ1v) is 5.47. The molecular formula is C12H15N5. The lowest BCUT2D eigenvalue weighted by molar-refractivity contribution is 1.12. The molecule has 0 radical (unpaired) electrons. The van der Waals surface area contributed by atoms with Crippen LogP contribution in [-0.2, 0) is 6.42 Å². The van der Waals surface area contributed by atoms with Crippen molar-refractivity contribution in [1.29, 1.82) is 0 Å². The molecule has 1 heterocycles. The van der Waals surface area contributed by atoms with Gasteiger partial charge in [0.25, 0.3) is 0 Å². The van der Waals surface area contributed by atoms with Crippen LogP contribution in [0.2, 0.25) is 0 Å². The number of hydrazine groups is 1. The van der Waals surface area contributed by atoms with Crippen LogP contribution in [0.4, 0.5) is 17.5 Å². The molecule has 5 nitrogen and oxygen atoms in total. The Bertz CT molecular complexity index is 481. The summed E-state index contributed by atoms with van der Waals surface area (Å²) < 4.78 is 0. The zero-order valence-corrected chi connectivity index (χ0v) is 9.64. The standard InChI is InChI=1S/C12H15N5/c1-2-9-3-5-10(6-4-9)15-11-7-8-14-12(16-11)17-13/h3-8H,2,13H2,1H3,(H2,14,15,16,17). The van der Waals surface area contributed by atoms with E-state index in [1.807, 2.05) is 12.1 Å². The fourth-order valence-electron chi connectivity index (χ4n) is 1.47. The second-order valence-electron chi connectivity index (χ2n) is 3.59. The van der Waals surface area contributed by atoms with E-state index >= 15 is 0 Å². The van der Waals surface area contributed by atoms with Crippen molar-refractivity contribution >= 4 is 17.5 Å². The first-order chi connectivity index (χ1) is 8.31. The zero-order chi connectivity index (χ0) is 12.1. The molecular weight excluding hydrogens is 214 g/mol. The molecule has 0 fully saturated rings. The topological polar surface area (TPSA) is 75.9 Å². The predicted octanol–water partition coefficient (Wildman–Crippen LogP) is 2.07. The summed E-state index contributed by atoms with van der Waals surface area (Å²) in [6.45, 7) is 2.13. The van der Waals surface area contributed by atoms with Crippen LogP contribution in [-0.4, -0.2) is 9.97 Å². The van der Waals surface area contributed by atoms with Crippen LogP contribution in [0.3, 0.4) is 0 Å². The van der Waals surface area contributed by atoms with Crippen LogP contribution < -0.4 is 16.6 Å². The third-order valence-electron chi connectivity index (χ3n) is 2.42. The summed E-state index contributed by atoms with van der Waals surface area (Å²) in [6.07, 6.45) is 2.68. The maximum atomic E-state index is 5.25. The van der Waals surface area contributed by atoms with Crippen LogP contribution in [0.5, 0.6) is 0 Å². The monoisotopic (exact) mass is 229 g/mol. The Morgan fingerprint density at radius 1 is 1.18 bits per heavy atom. The van der Waals surface area contributed by atoms with Crippen molar-refractivity contribution in [2.24, 2.45) is 5.84 Å². The van der Waals surface area contributed by atoms with E-state index in [9.17, 15) is 0 Å². The number of nitrogen functional groups attached to an aromatic ring is 1. The van der Waals surface area contributed by atoms with E-state index in [4.69, 9.17) is 5.84 Å². The summed E-state index contributed by atoms with van der Waals surface area (Å²) in [5.41, 5.74) is 4.71. The first kappa shape index (κ1) is 11.3. The maximum Gasteiger partial charge on any atom is 0.239 e. The molecule has 0 saturated heterocycles. The number of rotatable bonds is 4. The summed E-state index contributed by atoms with van der Waals surface area (Å²) in [5, 5.41) is 3.18. The molecule has 0 bridgehead atoms. The summed E-state index contributed by atoms with van der Waals surface area (Å²) >= 11 is 0. The van der Waals surface area contributed by atoms with Gasteiger partial charge in [0.1, 0.15) is 5.82 Å². The van der Waals surface area contributed by atoms with E-state index in [-0.39, 0.29) is 0 Å². The lowest BCUT2D eigenvalue weighted by atomic mass is 10.1. The van der Waals surface area contributed by atoms with Gasteiger partial charge in [0.2, 0.25) is 5.95 Å². The highest BCUT2D eigenvalue weighted by Crippen LogP contribution is 2.15. The van der Waals surface area contributed by atoms with E-state index in [0.29, 0.717) is 11.8 Å². The van der Waals surface area contributed by atoms with E-state index in [1.54, 1.807) is 12.3 Å². The van der Waals surface area contributed by atoms with Crippen LogP contribution in [0, 0.1) is 0 Å². The lowest BCUT2D eigenvalue weighted by Gasteiger charge is -2.07. The molecule has 0 atom stereocenters. The molecule has 0 aliphatic carbocycles. The molecule has 0 saturated carbocycles. The third-order valence-corrected chi connectivity index (χ3v) is 2.42. The van der Waals surface area contributed by atoms with Crippen molar-refractivity contribution in [3.63, 3.8) is 0 Å². The lowest BCUT2D eigenvalue weighted by Crippen LogP contribution is -2.10. The zero-order valence-electron chi connectivity index (χ0n) is 9.64. The number of hydrogen-bond donors (Lipinski definition) is 3. The molecule has 0 spiro atoms. The van der Waals surface area contributed by atoms with Crippen LogP contribution in [0.1, 0.15) is 12.5 Å². The van der Waals surface area contributed by atoms with Gasteiger partial charge in [0, 0.05) is 11.9 Å². The Kier molecular flexibility index (Phi) is 3.52. The molecule has 0 amide bonds. The number of benzene rings is 1. The van der Waals surface area contributed by atoms with Crippen molar-refractivity contribution < 1.29 is 0 Å². The maximum absolute atomic E-state index is 5.25. The van der Waals surface area contributed by atoms with Gasteiger partial charge in [-0.05, 0) is 30.2 Å². The van der Waals surface area contributed by atoms with Gasteiger partial charge in [-0.25, -0.2) is 10.8 Å². The Balaban J connectivity index is 2.13. The van der Waals surface area contributed by atoms with Crippen LogP contribution >= 0.6 is 0 Å². The summed E-state index contributed by atoms with van der Waals surface area (Å²) in [5.74, 6) is 6.34. The molecule has 1 aromatic heterocycles. The molecule has 0 aliphatic rings. The SMILES string of the molecule is CCc1ccc(Nc2ccnc(NN)n2)cc1. The number of nitrogens with one attached hydrogen (secondary N) is 2. The second kappa shape index (κ2) is 5.27. The number of nitrogens with zero attached hydrogens (tertiary/aromatic N) is 2. The molecule has 0 aliphatic heterocycles. The third kappa shape index (κ3) is 2.92. The van der Waals surface area contributed by atoms with E-state index in [0.717, 1.165) is 12.1 Å². The Labute approximate surface area is 100 Å². The average molecular weight is 229 g/mol. The Morgan fingerprint density at radius 2 is 1.94 bits per heavy atom. The van der Waals surface area contributed by atoms with Gasteiger partial charge in [-0.15, -0.1) is 0 Å². The second-order valence-corrected chi connectivity index (χ2v) is 3.59. The van der Waals surface area contributed by atoms with Crippen molar-refractivity contribution in [3.8, 4) is 0 Å². The highest BCUT2D eigenvalue weighted by molar-refractivity contribution is 5.57. The molecule has 4 N–H and O–H groups in total. The van der Waals surface area contributed by atoms with Gasteiger partial charge in [0.05, 0.1) is 0 Å². The van der Waals surface area contributed by atoms with E-state index in [1.165, 1.54) is 5.56 Å². The van der Waals surface area contributed by atoms with Crippen molar-refractivity contribution in [3.05, 3.63) is 42.1 Å². The van der Waals surface area contributed by atoms with Crippen molar-refractivity contribution in [1.82, 2.24) is 9.97 Å². The van der Waals surface area contributed by atoms with Gasteiger partial charge >= 0.3 is 0 Å². The van der Waals surface area contributed by atoms with Gasteiger partial charge < -0.3 is 5.32 Å². The van der Waals surface area contributed by atoms with Gasteiger partial charge in [-0.2, -0.15) is 4.98 Å². The minimum Gasteiger partial charge on any atom is -0.340 e. The predicted molar refractivity (Wildman–Crippen MR) is 68.9 cm³/mol. The van der Waals surface area contributed by atoms with Crippen molar-refractivity contribution in [2.75, 3.05) is 10.7 Å². The summed E-state index contributed by atoms with van der Waals surface area (Å²) in [6, 6.07) is 10.0. The number of nitrogens with two attached hydrogens (primary N) is 1. The number of hydrogen-bond acceptors (Lipinski definition) is 5. The molecule has 5 heteroatoms. The van der Waals surface area contributed by atoms with Gasteiger partial charge in [0.15, 0.2) is 0 Å². The summed E-state index contributed by atoms with van der Waals surface area (Å²) in [4.78, 5) is 8.11. The van der Waals surface area contributed by atoms with Crippen LogP contribution in [0.15, 0.2) is 36.5 Å². The molecule has 0 unspecified atom stereocenters. The highest BCUT2D eigenvalue weighted by atomic mass is 15.3. The van der Waals surface area contributed by atoms with E-state index in [2.05, 4.69) is 39.8 Å². The molecule has 2 rings (SSSR count). The highest BCUT2D eigenvalue weighted by Gasteiger charge is 1.98. The minimum absolute atomic E-state index is 0.389.